The molecule has 31 heavy (non-hydrogen) atoms. The molecule has 5 rings (SSSR count). The highest BCUT2D eigenvalue weighted by molar-refractivity contribution is 6.07. The van der Waals surface area contributed by atoms with Crippen molar-refractivity contribution in [3.05, 3.63) is 35.9 Å². The minimum absolute atomic E-state index is 0.0612. The van der Waals surface area contributed by atoms with Gasteiger partial charge in [-0.1, -0.05) is 0 Å². The van der Waals surface area contributed by atoms with Gasteiger partial charge in [0, 0.05) is 36.3 Å². The van der Waals surface area contributed by atoms with Crippen molar-refractivity contribution in [2.75, 3.05) is 36.8 Å². The Kier molecular flexibility index (Phi) is 4.65. The van der Waals surface area contributed by atoms with Crippen molar-refractivity contribution in [1.29, 1.82) is 0 Å². The molecular formula is C22H20N2O7. The Bertz CT molecular complexity index is 1100. The fourth-order valence-corrected chi connectivity index (χ4v) is 3.90. The lowest BCUT2D eigenvalue weighted by atomic mass is 10.1. The first-order valence-corrected chi connectivity index (χ1v) is 9.95. The van der Waals surface area contributed by atoms with Crippen LogP contribution in [0.25, 0.3) is 0 Å². The maximum atomic E-state index is 12.9. The van der Waals surface area contributed by atoms with E-state index in [9.17, 15) is 14.4 Å². The Morgan fingerprint density at radius 1 is 0.968 bits per heavy atom. The zero-order chi connectivity index (χ0) is 21.5. The van der Waals surface area contributed by atoms with E-state index in [0.29, 0.717) is 53.2 Å². The first kappa shape index (κ1) is 19.2. The van der Waals surface area contributed by atoms with Gasteiger partial charge in [0.15, 0.2) is 28.8 Å². The summed E-state index contributed by atoms with van der Waals surface area (Å²) in [4.78, 5) is 39.2. The van der Waals surface area contributed by atoms with Gasteiger partial charge >= 0.3 is 0 Å². The summed E-state index contributed by atoms with van der Waals surface area (Å²) >= 11 is 0. The van der Waals surface area contributed by atoms with Crippen molar-refractivity contribution in [3.63, 3.8) is 0 Å². The van der Waals surface area contributed by atoms with E-state index in [1.165, 1.54) is 6.92 Å². The monoisotopic (exact) mass is 424 g/mol. The van der Waals surface area contributed by atoms with Gasteiger partial charge in [0.25, 0.3) is 0 Å². The molecule has 3 aliphatic rings. The average Bonchev–Trinajstić information content (AvgIpc) is 3.38. The molecule has 9 heteroatoms. The number of nitrogens with one attached hydrogen (secondary N) is 1. The number of hydrogen-bond acceptors (Lipinski definition) is 7. The quantitative estimate of drug-likeness (QED) is 0.752. The SMILES string of the molecule is CC(=O)c1cc2c(cc1NC(=O)C1CC(=O)N(c3ccc4c(c3)OCCO4)C1)OCO2. The van der Waals surface area contributed by atoms with Crippen molar-refractivity contribution < 1.29 is 33.3 Å². The Hall–Kier alpha value is -3.75. The Morgan fingerprint density at radius 3 is 2.45 bits per heavy atom. The van der Waals surface area contributed by atoms with E-state index in [4.69, 9.17) is 18.9 Å². The van der Waals surface area contributed by atoms with E-state index < -0.39 is 5.92 Å². The van der Waals surface area contributed by atoms with Crippen LogP contribution in [-0.2, 0) is 9.59 Å². The van der Waals surface area contributed by atoms with Crippen LogP contribution in [0.15, 0.2) is 30.3 Å². The van der Waals surface area contributed by atoms with Gasteiger partial charge in [-0.25, -0.2) is 0 Å². The number of amides is 2. The molecule has 2 amide bonds. The van der Waals surface area contributed by atoms with E-state index in [2.05, 4.69) is 5.32 Å². The lowest BCUT2D eigenvalue weighted by Gasteiger charge is -2.22. The first-order chi connectivity index (χ1) is 15.0. The third kappa shape index (κ3) is 3.52. The third-order valence-electron chi connectivity index (χ3n) is 5.48. The molecule has 1 N–H and O–H groups in total. The van der Waals surface area contributed by atoms with Crippen LogP contribution in [0.2, 0.25) is 0 Å². The molecule has 1 unspecified atom stereocenters. The molecule has 3 aliphatic heterocycles. The predicted molar refractivity (Wildman–Crippen MR) is 109 cm³/mol. The molecule has 0 radical (unpaired) electrons. The van der Waals surface area contributed by atoms with E-state index in [1.54, 1.807) is 35.2 Å². The Balaban J connectivity index is 1.34. The lowest BCUT2D eigenvalue weighted by molar-refractivity contribution is -0.122. The summed E-state index contributed by atoms with van der Waals surface area (Å²) in [6.45, 7) is 2.63. The first-order valence-electron chi connectivity index (χ1n) is 9.95. The molecule has 2 aromatic carbocycles. The second-order valence-electron chi connectivity index (χ2n) is 7.53. The van der Waals surface area contributed by atoms with Gasteiger partial charge in [0.1, 0.15) is 13.2 Å². The van der Waals surface area contributed by atoms with Crippen LogP contribution in [0.5, 0.6) is 23.0 Å². The summed E-state index contributed by atoms with van der Waals surface area (Å²) in [5.41, 5.74) is 1.31. The maximum Gasteiger partial charge on any atom is 0.231 e. The minimum Gasteiger partial charge on any atom is -0.486 e. The standard InChI is InChI=1S/C22H20N2O7/c1-12(25)15-8-19-20(31-11-30-19)9-16(15)23-22(27)13-6-21(26)24(10-13)14-2-3-17-18(7-14)29-5-4-28-17/h2-3,7-9,13H,4-6,10-11H2,1H3,(H,23,27). The van der Waals surface area contributed by atoms with E-state index >= 15 is 0 Å². The summed E-state index contributed by atoms with van der Waals surface area (Å²) in [6.07, 6.45) is 0.0697. The molecule has 0 saturated carbocycles. The highest BCUT2D eigenvalue weighted by Crippen LogP contribution is 2.38. The Morgan fingerprint density at radius 2 is 1.68 bits per heavy atom. The van der Waals surface area contributed by atoms with Crippen LogP contribution in [-0.4, -0.2) is 44.1 Å². The molecular weight excluding hydrogens is 404 g/mol. The van der Waals surface area contributed by atoms with Crippen LogP contribution in [0.3, 0.4) is 0 Å². The normalized spacial score (nSPS) is 18.8. The predicted octanol–water partition coefficient (Wildman–Crippen LogP) is 2.38. The number of carbonyl (C=O) groups is 3. The lowest BCUT2D eigenvalue weighted by Crippen LogP contribution is -2.28. The summed E-state index contributed by atoms with van der Waals surface area (Å²) in [5, 5.41) is 2.79. The fraction of sp³-hybridized carbons (Fsp3) is 0.318. The Labute approximate surface area is 177 Å². The van der Waals surface area contributed by atoms with Crippen molar-refractivity contribution >= 4 is 29.0 Å². The van der Waals surface area contributed by atoms with Crippen LogP contribution < -0.4 is 29.2 Å². The molecule has 0 spiro atoms. The highest BCUT2D eigenvalue weighted by Gasteiger charge is 2.36. The van der Waals surface area contributed by atoms with Crippen molar-refractivity contribution in [3.8, 4) is 23.0 Å². The fourth-order valence-electron chi connectivity index (χ4n) is 3.90. The minimum atomic E-state index is -0.564. The van der Waals surface area contributed by atoms with Crippen molar-refractivity contribution in [2.45, 2.75) is 13.3 Å². The third-order valence-corrected chi connectivity index (χ3v) is 5.48. The van der Waals surface area contributed by atoms with E-state index in [-0.39, 0.29) is 37.4 Å². The van der Waals surface area contributed by atoms with Crippen LogP contribution in [0.4, 0.5) is 11.4 Å². The number of fused-ring (bicyclic) bond motifs is 2. The molecule has 0 aromatic heterocycles. The molecule has 2 aromatic rings. The maximum absolute atomic E-state index is 12.9. The molecule has 9 nitrogen and oxygen atoms in total. The number of ether oxygens (including phenoxy) is 4. The number of carbonyl (C=O) groups excluding carboxylic acids is 3. The number of ketones is 1. The van der Waals surface area contributed by atoms with Gasteiger partial charge in [0.05, 0.1) is 11.6 Å². The highest BCUT2D eigenvalue weighted by atomic mass is 16.7. The topological polar surface area (TPSA) is 103 Å². The van der Waals surface area contributed by atoms with Crippen LogP contribution in [0.1, 0.15) is 23.7 Å². The van der Waals surface area contributed by atoms with Gasteiger partial charge in [-0.05, 0) is 25.1 Å². The molecule has 3 heterocycles. The van der Waals surface area contributed by atoms with E-state index in [1.807, 2.05) is 0 Å². The number of Topliss-reactive ketones (excluding diaryl/α,β-unsaturated/α-hetero) is 1. The molecule has 0 aliphatic carbocycles. The van der Waals surface area contributed by atoms with Gasteiger partial charge in [0.2, 0.25) is 18.6 Å². The van der Waals surface area contributed by atoms with Crippen LogP contribution in [0, 0.1) is 5.92 Å². The summed E-state index contributed by atoms with van der Waals surface area (Å²) < 4.78 is 21.8. The molecule has 0 bridgehead atoms. The second-order valence-corrected chi connectivity index (χ2v) is 7.53. The van der Waals surface area contributed by atoms with Gasteiger partial charge < -0.3 is 29.2 Å². The largest absolute Gasteiger partial charge is 0.486 e. The zero-order valence-corrected chi connectivity index (χ0v) is 16.8. The number of nitrogens with zero attached hydrogens (tertiary/aromatic N) is 1. The second kappa shape index (κ2) is 7.50. The van der Waals surface area contributed by atoms with Gasteiger partial charge in [-0.2, -0.15) is 0 Å². The molecule has 160 valence electrons. The van der Waals surface area contributed by atoms with Gasteiger partial charge in [-0.15, -0.1) is 0 Å². The number of hydrogen-bond donors (Lipinski definition) is 1. The smallest absolute Gasteiger partial charge is 0.231 e. The molecule has 1 fully saturated rings. The van der Waals surface area contributed by atoms with E-state index in [0.717, 1.165) is 0 Å². The number of rotatable bonds is 4. The van der Waals surface area contributed by atoms with Crippen LogP contribution >= 0.6 is 0 Å². The summed E-state index contributed by atoms with van der Waals surface area (Å²) in [6, 6.07) is 8.42. The van der Waals surface area contributed by atoms with Gasteiger partial charge in [-0.3, -0.25) is 14.4 Å². The zero-order valence-electron chi connectivity index (χ0n) is 16.8. The average molecular weight is 424 g/mol. The molecule has 1 atom stereocenters. The van der Waals surface area contributed by atoms with Crippen molar-refractivity contribution in [2.24, 2.45) is 5.92 Å². The summed E-state index contributed by atoms with van der Waals surface area (Å²) in [5.74, 6) is 0.861. The number of anilines is 2. The number of benzene rings is 2. The van der Waals surface area contributed by atoms with Crippen molar-refractivity contribution in [1.82, 2.24) is 0 Å². The summed E-state index contributed by atoms with van der Waals surface area (Å²) in [7, 11) is 0. The molecule has 1 saturated heterocycles.